The number of hydrogen-bond donors (Lipinski definition) is 1. The van der Waals surface area contributed by atoms with Crippen molar-refractivity contribution in [1.82, 2.24) is 5.32 Å². The summed E-state index contributed by atoms with van der Waals surface area (Å²) >= 11 is 3.38. The smallest absolute Gasteiger partial charge is 0.320 e. The first-order valence-electron chi connectivity index (χ1n) is 6.76. The van der Waals surface area contributed by atoms with E-state index in [-0.39, 0.29) is 10.8 Å². The Morgan fingerprint density at radius 1 is 1.50 bits per heavy atom. The van der Waals surface area contributed by atoms with Crippen LogP contribution in [0, 0.1) is 16.7 Å². The summed E-state index contributed by atoms with van der Waals surface area (Å²) in [5.74, 6) is 0.625. The third-order valence-corrected chi connectivity index (χ3v) is 5.93. The third kappa shape index (κ3) is 2.22. The Bertz CT molecular complexity index is 340. The third-order valence-electron chi connectivity index (χ3n) is 5.23. The van der Waals surface area contributed by atoms with E-state index in [1.54, 1.807) is 0 Å². The minimum absolute atomic E-state index is 0.200. The fraction of sp³-hybridized carbons (Fsp3) is 0.929. The fourth-order valence-electron chi connectivity index (χ4n) is 4.24. The predicted molar refractivity (Wildman–Crippen MR) is 75.8 cm³/mol. The zero-order chi connectivity index (χ0) is 13.6. The second kappa shape index (κ2) is 4.78. The van der Waals surface area contributed by atoms with Gasteiger partial charge in [-0.05, 0) is 36.0 Å². The predicted octanol–water partition coefficient (Wildman–Crippen LogP) is 2.73. The van der Waals surface area contributed by atoms with Gasteiger partial charge in [0, 0.05) is 12.6 Å². The average Bonchev–Trinajstić information content (AvgIpc) is 2.78. The molecule has 2 rings (SSSR count). The molecule has 4 heteroatoms. The van der Waals surface area contributed by atoms with Gasteiger partial charge in [-0.15, -0.1) is 0 Å². The maximum atomic E-state index is 11.4. The SMILES string of the molecule is COC(=O)C(Br)CNC1C2(C)CCC(C2)C1(C)C. The number of methoxy groups -OCH3 is 1. The van der Waals surface area contributed by atoms with E-state index in [0.717, 1.165) is 5.92 Å². The normalized spacial score (nSPS) is 38.7. The Labute approximate surface area is 118 Å². The van der Waals surface area contributed by atoms with E-state index >= 15 is 0 Å². The zero-order valence-electron chi connectivity index (χ0n) is 11.8. The van der Waals surface area contributed by atoms with Gasteiger partial charge >= 0.3 is 5.97 Å². The first-order chi connectivity index (χ1) is 8.31. The quantitative estimate of drug-likeness (QED) is 0.640. The summed E-state index contributed by atoms with van der Waals surface area (Å²) in [6, 6.07) is 0.494. The lowest BCUT2D eigenvalue weighted by molar-refractivity contribution is -0.139. The van der Waals surface area contributed by atoms with E-state index in [1.807, 2.05) is 0 Å². The Morgan fingerprint density at radius 3 is 2.67 bits per heavy atom. The molecule has 0 aliphatic heterocycles. The summed E-state index contributed by atoms with van der Waals surface area (Å²) in [7, 11) is 1.43. The van der Waals surface area contributed by atoms with Gasteiger partial charge in [-0.2, -0.15) is 0 Å². The molecule has 2 aliphatic carbocycles. The van der Waals surface area contributed by atoms with Crippen LogP contribution in [0.2, 0.25) is 0 Å². The summed E-state index contributed by atoms with van der Waals surface area (Å²) in [6.07, 6.45) is 3.99. The number of carbonyl (C=O) groups is 1. The zero-order valence-corrected chi connectivity index (χ0v) is 13.3. The number of rotatable bonds is 4. The summed E-state index contributed by atoms with van der Waals surface area (Å²) in [6.45, 7) is 7.76. The van der Waals surface area contributed by atoms with Gasteiger partial charge in [0.25, 0.3) is 0 Å². The number of fused-ring (bicyclic) bond motifs is 2. The Hall–Kier alpha value is -0.0900. The molecule has 0 saturated heterocycles. The van der Waals surface area contributed by atoms with Crippen LogP contribution in [0.3, 0.4) is 0 Å². The molecule has 0 heterocycles. The molecule has 2 aliphatic rings. The molecule has 0 amide bonds. The highest BCUT2D eigenvalue weighted by atomic mass is 79.9. The molecule has 0 radical (unpaired) electrons. The Kier molecular flexibility index (Phi) is 3.81. The van der Waals surface area contributed by atoms with Crippen LogP contribution >= 0.6 is 15.9 Å². The summed E-state index contributed by atoms with van der Waals surface area (Å²) in [4.78, 5) is 11.2. The lowest BCUT2D eigenvalue weighted by atomic mass is 9.68. The molecule has 0 aromatic carbocycles. The van der Waals surface area contributed by atoms with Gasteiger partial charge in [-0.3, -0.25) is 4.79 Å². The lowest BCUT2D eigenvalue weighted by Crippen LogP contribution is -2.52. The van der Waals surface area contributed by atoms with E-state index in [4.69, 9.17) is 4.74 Å². The maximum absolute atomic E-state index is 11.4. The molecule has 0 aromatic heterocycles. The number of ether oxygens (including phenoxy) is 1. The van der Waals surface area contributed by atoms with Gasteiger partial charge in [0.05, 0.1) is 7.11 Å². The van der Waals surface area contributed by atoms with Crippen LogP contribution < -0.4 is 5.32 Å². The van der Waals surface area contributed by atoms with Crippen molar-refractivity contribution in [1.29, 1.82) is 0 Å². The molecular formula is C14H24BrNO2. The summed E-state index contributed by atoms with van der Waals surface area (Å²) in [5, 5.41) is 3.61. The van der Waals surface area contributed by atoms with Crippen molar-refractivity contribution in [2.75, 3.05) is 13.7 Å². The van der Waals surface area contributed by atoms with E-state index < -0.39 is 0 Å². The molecule has 2 bridgehead atoms. The molecule has 104 valence electrons. The van der Waals surface area contributed by atoms with Crippen molar-refractivity contribution in [2.45, 2.75) is 50.9 Å². The fourth-order valence-corrected chi connectivity index (χ4v) is 4.62. The van der Waals surface area contributed by atoms with Gasteiger partial charge in [-0.25, -0.2) is 0 Å². The maximum Gasteiger partial charge on any atom is 0.320 e. The second-order valence-corrected chi connectivity index (χ2v) is 7.85. The molecule has 18 heavy (non-hydrogen) atoms. The molecule has 2 fully saturated rings. The van der Waals surface area contributed by atoms with Crippen molar-refractivity contribution in [3.8, 4) is 0 Å². The van der Waals surface area contributed by atoms with Crippen LogP contribution in [-0.4, -0.2) is 30.5 Å². The Balaban J connectivity index is 1.99. The first kappa shape index (κ1) is 14.3. The second-order valence-electron chi connectivity index (χ2n) is 6.75. The molecule has 3 nitrogen and oxygen atoms in total. The minimum atomic E-state index is -0.249. The van der Waals surface area contributed by atoms with Gasteiger partial charge in [0.1, 0.15) is 4.83 Å². The van der Waals surface area contributed by atoms with E-state index in [1.165, 1.54) is 26.4 Å². The van der Waals surface area contributed by atoms with Crippen LogP contribution in [0.1, 0.15) is 40.0 Å². The molecule has 2 saturated carbocycles. The van der Waals surface area contributed by atoms with Crippen LogP contribution in [0.4, 0.5) is 0 Å². The molecular weight excluding hydrogens is 294 g/mol. The summed E-state index contributed by atoms with van der Waals surface area (Å²) < 4.78 is 4.74. The number of nitrogens with one attached hydrogen (secondary N) is 1. The van der Waals surface area contributed by atoms with Gasteiger partial charge in [0.2, 0.25) is 0 Å². The van der Waals surface area contributed by atoms with Crippen LogP contribution in [0.5, 0.6) is 0 Å². The Morgan fingerprint density at radius 2 is 2.17 bits per heavy atom. The number of hydrogen-bond acceptors (Lipinski definition) is 3. The molecule has 4 atom stereocenters. The monoisotopic (exact) mass is 317 g/mol. The van der Waals surface area contributed by atoms with Gasteiger partial charge < -0.3 is 10.1 Å². The molecule has 0 spiro atoms. The van der Waals surface area contributed by atoms with Crippen LogP contribution in [-0.2, 0) is 9.53 Å². The highest BCUT2D eigenvalue weighted by Crippen LogP contribution is 2.62. The lowest BCUT2D eigenvalue weighted by Gasteiger charge is -2.43. The van der Waals surface area contributed by atoms with Crippen molar-refractivity contribution in [3.63, 3.8) is 0 Å². The first-order valence-corrected chi connectivity index (χ1v) is 7.68. The van der Waals surface area contributed by atoms with Crippen molar-refractivity contribution < 1.29 is 9.53 Å². The number of carbonyl (C=O) groups excluding carboxylic acids is 1. The van der Waals surface area contributed by atoms with Crippen molar-refractivity contribution >= 4 is 21.9 Å². The topological polar surface area (TPSA) is 38.3 Å². The molecule has 4 unspecified atom stereocenters. The number of esters is 1. The minimum Gasteiger partial charge on any atom is -0.468 e. The van der Waals surface area contributed by atoms with E-state index in [0.29, 0.717) is 23.4 Å². The summed E-state index contributed by atoms with van der Waals surface area (Å²) in [5.41, 5.74) is 0.729. The van der Waals surface area contributed by atoms with Gasteiger partial charge in [0.15, 0.2) is 0 Å². The molecule has 1 N–H and O–H groups in total. The van der Waals surface area contributed by atoms with Crippen LogP contribution in [0.25, 0.3) is 0 Å². The van der Waals surface area contributed by atoms with Crippen molar-refractivity contribution in [3.05, 3.63) is 0 Å². The van der Waals surface area contributed by atoms with Gasteiger partial charge in [-0.1, -0.05) is 36.7 Å². The average molecular weight is 318 g/mol. The number of alkyl halides is 1. The van der Waals surface area contributed by atoms with Crippen LogP contribution in [0.15, 0.2) is 0 Å². The van der Waals surface area contributed by atoms with Crippen molar-refractivity contribution in [2.24, 2.45) is 16.7 Å². The largest absolute Gasteiger partial charge is 0.468 e. The number of halogens is 1. The van der Waals surface area contributed by atoms with E-state index in [2.05, 4.69) is 42.0 Å². The standard InChI is InChI=1S/C14H24BrNO2/c1-13(2)9-5-6-14(3,7-9)12(13)16-8-10(15)11(17)18-4/h9-10,12,16H,5-8H2,1-4H3. The highest BCUT2D eigenvalue weighted by molar-refractivity contribution is 9.10. The van der Waals surface area contributed by atoms with E-state index in [9.17, 15) is 4.79 Å². The molecule has 0 aromatic rings. The highest BCUT2D eigenvalue weighted by Gasteiger charge is 2.58.